The highest BCUT2D eigenvalue weighted by molar-refractivity contribution is 5.22. The van der Waals surface area contributed by atoms with Gasteiger partial charge in [0, 0.05) is 0 Å². The van der Waals surface area contributed by atoms with Gasteiger partial charge in [-0.2, -0.15) is 0 Å². The van der Waals surface area contributed by atoms with Crippen molar-refractivity contribution in [2.24, 2.45) is 0 Å². The normalized spacial score (nSPS) is 18.0. The third kappa shape index (κ3) is 3.99. The molecule has 1 aliphatic carbocycles. The number of aliphatic hydroxyl groups is 1. The van der Waals surface area contributed by atoms with Gasteiger partial charge >= 0.3 is 0 Å². The molecule has 1 atom stereocenters. The summed E-state index contributed by atoms with van der Waals surface area (Å²) in [4.78, 5) is 0. The molecule has 0 fully saturated rings. The molecule has 0 aromatic heterocycles. The summed E-state index contributed by atoms with van der Waals surface area (Å²) < 4.78 is 0. The van der Waals surface area contributed by atoms with Gasteiger partial charge in [0.05, 0.1) is 6.10 Å². The topological polar surface area (TPSA) is 20.2 Å². The van der Waals surface area contributed by atoms with Crippen LogP contribution in [0.2, 0.25) is 0 Å². The number of rotatable bonds is 4. The minimum Gasteiger partial charge on any atom is -0.389 e. The Bertz CT molecular complexity index is 406. The third-order valence-electron chi connectivity index (χ3n) is 3.79. The number of benzene rings is 1. The van der Waals surface area contributed by atoms with Crippen LogP contribution in [0.5, 0.6) is 0 Å². The molecule has 98 valence electrons. The molecule has 0 aliphatic heterocycles. The monoisotopic (exact) mass is 244 g/mol. The van der Waals surface area contributed by atoms with E-state index in [0.29, 0.717) is 0 Å². The number of hydrogen-bond donors (Lipinski definition) is 1. The summed E-state index contributed by atoms with van der Waals surface area (Å²) in [6, 6.07) is 8.59. The maximum atomic E-state index is 10.3. The van der Waals surface area contributed by atoms with Crippen LogP contribution in [0, 0.1) is 6.92 Å². The van der Waals surface area contributed by atoms with Crippen molar-refractivity contribution in [1.82, 2.24) is 0 Å². The molecule has 0 spiro atoms. The van der Waals surface area contributed by atoms with Crippen molar-refractivity contribution in [3.05, 3.63) is 47.0 Å². The molecule has 18 heavy (non-hydrogen) atoms. The summed E-state index contributed by atoms with van der Waals surface area (Å²) in [6.07, 6.45) is 9.95. The number of aryl methyl sites for hydroxylation is 2. The Kier molecular flexibility index (Phi) is 5.00. The van der Waals surface area contributed by atoms with E-state index in [4.69, 9.17) is 0 Å². The molecule has 0 amide bonds. The van der Waals surface area contributed by atoms with Crippen molar-refractivity contribution in [3.8, 4) is 0 Å². The van der Waals surface area contributed by atoms with Crippen molar-refractivity contribution in [3.63, 3.8) is 0 Å². The molecular formula is C17H24O. The lowest BCUT2D eigenvalue weighted by atomic mass is 9.97. The summed E-state index contributed by atoms with van der Waals surface area (Å²) in [5, 5.41) is 10.3. The zero-order valence-corrected chi connectivity index (χ0v) is 11.4. The Balaban J connectivity index is 1.87. The molecule has 0 bridgehead atoms. The maximum absolute atomic E-state index is 10.3. The molecule has 0 heterocycles. The molecule has 1 aromatic carbocycles. The third-order valence-corrected chi connectivity index (χ3v) is 3.79. The first-order valence-electron chi connectivity index (χ1n) is 7.18. The van der Waals surface area contributed by atoms with Crippen molar-refractivity contribution in [2.45, 2.75) is 58.0 Å². The van der Waals surface area contributed by atoms with Gasteiger partial charge in [-0.1, -0.05) is 42.3 Å². The van der Waals surface area contributed by atoms with Crippen molar-refractivity contribution in [1.29, 1.82) is 0 Å². The molecule has 1 unspecified atom stereocenters. The summed E-state index contributed by atoms with van der Waals surface area (Å²) in [7, 11) is 0. The van der Waals surface area contributed by atoms with Gasteiger partial charge in [-0.3, -0.25) is 0 Å². The second-order valence-corrected chi connectivity index (χ2v) is 5.42. The van der Waals surface area contributed by atoms with E-state index in [9.17, 15) is 5.11 Å². The van der Waals surface area contributed by atoms with Crippen LogP contribution in [0.25, 0.3) is 0 Å². The van der Waals surface area contributed by atoms with Crippen LogP contribution >= 0.6 is 0 Å². The molecule has 1 N–H and O–H groups in total. The molecule has 1 nitrogen and oxygen atoms in total. The zero-order chi connectivity index (χ0) is 12.8. The van der Waals surface area contributed by atoms with Crippen LogP contribution in [-0.4, -0.2) is 11.2 Å². The fourth-order valence-corrected chi connectivity index (χ4v) is 2.70. The van der Waals surface area contributed by atoms with E-state index in [-0.39, 0.29) is 6.10 Å². The smallest absolute Gasteiger partial charge is 0.0753 e. The van der Waals surface area contributed by atoms with Crippen LogP contribution in [-0.2, 0) is 6.42 Å². The molecule has 1 heteroatoms. The van der Waals surface area contributed by atoms with Gasteiger partial charge < -0.3 is 5.11 Å². The molecule has 0 saturated heterocycles. The van der Waals surface area contributed by atoms with Crippen LogP contribution in [0.3, 0.4) is 0 Å². The van der Waals surface area contributed by atoms with Crippen molar-refractivity contribution in [2.75, 3.05) is 0 Å². The highest BCUT2D eigenvalue weighted by Gasteiger charge is 2.12. The lowest BCUT2D eigenvalue weighted by Crippen LogP contribution is -2.11. The van der Waals surface area contributed by atoms with Gasteiger partial charge in [0.2, 0.25) is 0 Å². The highest BCUT2D eigenvalue weighted by atomic mass is 16.3. The molecule has 0 saturated carbocycles. The largest absolute Gasteiger partial charge is 0.389 e. The molecule has 2 rings (SSSR count). The Labute approximate surface area is 111 Å². The van der Waals surface area contributed by atoms with Crippen molar-refractivity contribution >= 4 is 0 Å². The quantitative estimate of drug-likeness (QED) is 0.788. The van der Waals surface area contributed by atoms with Gasteiger partial charge in [0.15, 0.2) is 0 Å². The zero-order valence-electron chi connectivity index (χ0n) is 11.4. The summed E-state index contributed by atoms with van der Waals surface area (Å²) in [5.41, 5.74) is 3.92. The molecule has 1 aliphatic rings. The van der Waals surface area contributed by atoms with Crippen molar-refractivity contribution < 1.29 is 5.11 Å². The predicted octanol–water partition coefficient (Wildman–Crippen LogP) is 4.18. The maximum Gasteiger partial charge on any atom is 0.0753 e. The minimum absolute atomic E-state index is 0.233. The summed E-state index contributed by atoms with van der Waals surface area (Å²) in [6.45, 7) is 2.12. The fourth-order valence-electron chi connectivity index (χ4n) is 2.70. The van der Waals surface area contributed by atoms with Gasteiger partial charge in [-0.15, -0.1) is 0 Å². The van der Waals surface area contributed by atoms with E-state index in [2.05, 4.69) is 37.3 Å². The molecule has 0 radical (unpaired) electrons. The number of hydrogen-bond acceptors (Lipinski definition) is 1. The van der Waals surface area contributed by atoms with Crippen LogP contribution in [0.4, 0.5) is 0 Å². The second kappa shape index (κ2) is 6.75. The number of aliphatic hydroxyl groups excluding tert-OH is 1. The summed E-state index contributed by atoms with van der Waals surface area (Å²) >= 11 is 0. The van der Waals surface area contributed by atoms with E-state index in [1.54, 1.807) is 0 Å². The first kappa shape index (κ1) is 13.4. The Morgan fingerprint density at radius 1 is 1.22 bits per heavy atom. The van der Waals surface area contributed by atoms with Gasteiger partial charge in [0.25, 0.3) is 0 Å². The number of allylic oxidation sites excluding steroid dienone is 1. The SMILES string of the molecule is Cc1cccc(CCC(O)C2=CCCCCC2)c1. The molecular weight excluding hydrogens is 220 g/mol. The van der Waals surface area contributed by atoms with Crippen LogP contribution < -0.4 is 0 Å². The minimum atomic E-state index is -0.233. The van der Waals surface area contributed by atoms with E-state index in [1.807, 2.05) is 0 Å². The van der Waals surface area contributed by atoms with Crippen LogP contribution in [0.15, 0.2) is 35.9 Å². The lowest BCUT2D eigenvalue weighted by Gasteiger charge is -2.14. The van der Waals surface area contributed by atoms with E-state index < -0.39 is 0 Å². The average molecular weight is 244 g/mol. The van der Waals surface area contributed by atoms with Gasteiger partial charge in [-0.05, 0) is 56.6 Å². The first-order valence-corrected chi connectivity index (χ1v) is 7.18. The standard InChI is InChI=1S/C17H24O/c1-14-7-6-8-15(13-14)11-12-17(18)16-9-4-2-3-5-10-16/h6-9,13,17-18H,2-5,10-12H2,1H3. The summed E-state index contributed by atoms with van der Waals surface area (Å²) in [5.74, 6) is 0. The average Bonchev–Trinajstić information content (AvgIpc) is 2.65. The predicted molar refractivity (Wildman–Crippen MR) is 76.7 cm³/mol. The van der Waals surface area contributed by atoms with Gasteiger partial charge in [0.1, 0.15) is 0 Å². The fraction of sp³-hybridized carbons (Fsp3) is 0.529. The molecule has 1 aromatic rings. The van der Waals surface area contributed by atoms with E-state index in [1.165, 1.54) is 36.0 Å². The highest BCUT2D eigenvalue weighted by Crippen LogP contribution is 2.22. The Hall–Kier alpha value is -1.08. The van der Waals surface area contributed by atoms with E-state index in [0.717, 1.165) is 25.7 Å². The Morgan fingerprint density at radius 3 is 2.94 bits per heavy atom. The van der Waals surface area contributed by atoms with Crippen LogP contribution in [0.1, 0.15) is 49.7 Å². The lowest BCUT2D eigenvalue weighted by molar-refractivity contribution is 0.196. The second-order valence-electron chi connectivity index (χ2n) is 5.42. The van der Waals surface area contributed by atoms with Gasteiger partial charge in [-0.25, -0.2) is 0 Å². The first-order chi connectivity index (χ1) is 8.75. The Morgan fingerprint density at radius 2 is 2.11 bits per heavy atom. The van der Waals surface area contributed by atoms with E-state index >= 15 is 0 Å².